The van der Waals surface area contributed by atoms with E-state index in [0.717, 1.165) is 12.3 Å². The molecule has 0 heterocycles. The molecule has 2 unspecified atom stereocenters. The van der Waals surface area contributed by atoms with E-state index in [1.54, 1.807) is 0 Å². The largest absolute Gasteiger partial charge is 0.314 e. The number of benzene rings is 1. The molecule has 1 nitrogen and oxygen atoms in total. The Bertz CT molecular complexity index is 355. The molecule has 0 saturated carbocycles. The lowest BCUT2D eigenvalue weighted by Crippen LogP contribution is -2.29. The molecule has 108 valence electrons. The van der Waals surface area contributed by atoms with Gasteiger partial charge in [-0.05, 0) is 45.7 Å². The molecular formula is C17H29NS. The van der Waals surface area contributed by atoms with Crippen LogP contribution in [0.2, 0.25) is 0 Å². The summed E-state index contributed by atoms with van der Waals surface area (Å²) >= 11 is 2.07. The maximum absolute atomic E-state index is 3.57. The summed E-state index contributed by atoms with van der Waals surface area (Å²) in [5, 5.41) is 4.27. The van der Waals surface area contributed by atoms with Crippen LogP contribution in [0.3, 0.4) is 0 Å². The summed E-state index contributed by atoms with van der Waals surface area (Å²) in [7, 11) is 0. The van der Waals surface area contributed by atoms with Crippen LogP contribution >= 0.6 is 11.8 Å². The van der Waals surface area contributed by atoms with Gasteiger partial charge in [0.1, 0.15) is 0 Å². The third-order valence-electron chi connectivity index (χ3n) is 3.24. The van der Waals surface area contributed by atoms with Gasteiger partial charge in [-0.25, -0.2) is 0 Å². The quantitative estimate of drug-likeness (QED) is 0.740. The highest BCUT2D eigenvalue weighted by Gasteiger charge is 2.09. The fourth-order valence-corrected chi connectivity index (χ4v) is 3.50. The molecule has 0 aliphatic heterocycles. The predicted octanol–water partition coefficient (Wildman–Crippen LogP) is 4.70. The number of aryl methyl sites for hydroxylation is 2. The maximum Gasteiger partial charge on any atom is 0.0187 e. The molecule has 0 fully saturated rings. The Balaban J connectivity index is 2.35. The van der Waals surface area contributed by atoms with Crippen molar-refractivity contribution in [1.82, 2.24) is 5.32 Å². The summed E-state index contributed by atoms with van der Waals surface area (Å²) < 4.78 is 0. The molecule has 1 rings (SSSR count). The van der Waals surface area contributed by atoms with E-state index in [9.17, 15) is 0 Å². The summed E-state index contributed by atoms with van der Waals surface area (Å²) in [5.74, 6) is 1.13. The molecule has 2 heteroatoms. The summed E-state index contributed by atoms with van der Waals surface area (Å²) in [4.78, 5) is 0. The molecule has 1 aromatic carbocycles. The Morgan fingerprint density at radius 1 is 1.11 bits per heavy atom. The minimum Gasteiger partial charge on any atom is -0.314 e. The zero-order chi connectivity index (χ0) is 14.3. The van der Waals surface area contributed by atoms with E-state index in [0.29, 0.717) is 11.3 Å². The van der Waals surface area contributed by atoms with Crippen molar-refractivity contribution in [2.24, 2.45) is 0 Å². The Morgan fingerprint density at radius 2 is 1.74 bits per heavy atom. The van der Waals surface area contributed by atoms with Crippen molar-refractivity contribution in [2.45, 2.75) is 64.5 Å². The van der Waals surface area contributed by atoms with Gasteiger partial charge in [-0.15, -0.1) is 0 Å². The van der Waals surface area contributed by atoms with E-state index in [4.69, 9.17) is 0 Å². The van der Waals surface area contributed by atoms with Gasteiger partial charge in [-0.2, -0.15) is 11.8 Å². The fraction of sp³-hybridized carbons (Fsp3) is 0.647. The smallest absolute Gasteiger partial charge is 0.0187 e. The minimum atomic E-state index is 0.627. The maximum atomic E-state index is 3.57. The molecule has 2 atom stereocenters. The van der Waals surface area contributed by atoms with Crippen LogP contribution in [0.5, 0.6) is 0 Å². The van der Waals surface area contributed by atoms with Crippen LogP contribution in [0, 0.1) is 13.8 Å². The van der Waals surface area contributed by atoms with Crippen molar-refractivity contribution in [3.63, 3.8) is 0 Å². The first-order valence-electron chi connectivity index (χ1n) is 7.43. The van der Waals surface area contributed by atoms with Gasteiger partial charge in [0, 0.05) is 17.0 Å². The SMILES string of the molecule is CCCNC(C)CC(C)SCc1cc(C)cc(C)c1. The van der Waals surface area contributed by atoms with Crippen LogP contribution in [0.15, 0.2) is 18.2 Å². The predicted molar refractivity (Wildman–Crippen MR) is 89.0 cm³/mol. The van der Waals surface area contributed by atoms with Gasteiger partial charge in [0.2, 0.25) is 0 Å². The van der Waals surface area contributed by atoms with Crippen molar-refractivity contribution in [2.75, 3.05) is 6.54 Å². The van der Waals surface area contributed by atoms with Crippen molar-refractivity contribution >= 4 is 11.8 Å². The lowest BCUT2D eigenvalue weighted by atomic mass is 10.1. The van der Waals surface area contributed by atoms with Crippen molar-refractivity contribution < 1.29 is 0 Å². The van der Waals surface area contributed by atoms with Gasteiger partial charge in [0.05, 0.1) is 0 Å². The van der Waals surface area contributed by atoms with Gasteiger partial charge >= 0.3 is 0 Å². The highest BCUT2D eigenvalue weighted by atomic mass is 32.2. The first kappa shape index (κ1) is 16.6. The van der Waals surface area contributed by atoms with Crippen LogP contribution in [0.25, 0.3) is 0 Å². The van der Waals surface area contributed by atoms with Gasteiger partial charge in [0.25, 0.3) is 0 Å². The molecule has 0 radical (unpaired) electrons. The van der Waals surface area contributed by atoms with Crippen LogP contribution in [-0.2, 0) is 5.75 Å². The Kier molecular flexibility index (Phi) is 7.55. The van der Waals surface area contributed by atoms with Crippen LogP contribution in [0.1, 0.15) is 50.3 Å². The van der Waals surface area contributed by atoms with Crippen LogP contribution < -0.4 is 5.32 Å². The average Bonchev–Trinajstić information content (AvgIpc) is 2.33. The molecule has 1 N–H and O–H groups in total. The molecule has 1 aromatic rings. The monoisotopic (exact) mass is 279 g/mol. The second-order valence-electron chi connectivity index (χ2n) is 5.71. The number of thioether (sulfide) groups is 1. The molecule has 0 aliphatic carbocycles. The molecule has 0 spiro atoms. The van der Waals surface area contributed by atoms with Gasteiger partial charge in [-0.1, -0.05) is 43.2 Å². The molecule has 19 heavy (non-hydrogen) atoms. The highest BCUT2D eigenvalue weighted by Crippen LogP contribution is 2.22. The van der Waals surface area contributed by atoms with E-state index in [1.807, 2.05) is 0 Å². The zero-order valence-electron chi connectivity index (χ0n) is 13.1. The minimum absolute atomic E-state index is 0.627. The number of hydrogen-bond acceptors (Lipinski definition) is 2. The normalized spacial score (nSPS) is 14.4. The third-order valence-corrected chi connectivity index (χ3v) is 4.51. The topological polar surface area (TPSA) is 12.0 Å². The zero-order valence-corrected chi connectivity index (χ0v) is 13.9. The lowest BCUT2D eigenvalue weighted by Gasteiger charge is -2.18. The van der Waals surface area contributed by atoms with Crippen LogP contribution in [-0.4, -0.2) is 17.8 Å². The Labute approximate surface area is 123 Å². The molecule has 0 saturated heterocycles. The molecule has 0 amide bonds. The molecule has 0 aliphatic rings. The second-order valence-corrected chi connectivity index (χ2v) is 7.14. The first-order valence-corrected chi connectivity index (χ1v) is 8.48. The number of hydrogen-bond donors (Lipinski definition) is 1. The molecule has 0 aromatic heterocycles. The number of nitrogens with one attached hydrogen (secondary N) is 1. The van der Waals surface area contributed by atoms with Crippen molar-refractivity contribution in [1.29, 1.82) is 0 Å². The fourth-order valence-electron chi connectivity index (χ4n) is 2.43. The van der Waals surface area contributed by atoms with Crippen molar-refractivity contribution in [3.05, 3.63) is 34.9 Å². The highest BCUT2D eigenvalue weighted by molar-refractivity contribution is 7.99. The van der Waals surface area contributed by atoms with E-state index < -0.39 is 0 Å². The average molecular weight is 279 g/mol. The first-order chi connectivity index (χ1) is 9.01. The van der Waals surface area contributed by atoms with E-state index in [-0.39, 0.29) is 0 Å². The number of rotatable bonds is 8. The molecular weight excluding hydrogens is 250 g/mol. The Hall–Kier alpha value is -0.470. The lowest BCUT2D eigenvalue weighted by molar-refractivity contribution is 0.513. The second kappa shape index (κ2) is 8.65. The summed E-state index contributed by atoms with van der Waals surface area (Å²) in [6.07, 6.45) is 2.46. The van der Waals surface area contributed by atoms with E-state index in [1.165, 1.54) is 29.5 Å². The van der Waals surface area contributed by atoms with Gasteiger partial charge in [0.15, 0.2) is 0 Å². The van der Waals surface area contributed by atoms with Gasteiger partial charge < -0.3 is 5.32 Å². The summed E-state index contributed by atoms with van der Waals surface area (Å²) in [6.45, 7) is 12.4. The molecule has 0 bridgehead atoms. The Morgan fingerprint density at radius 3 is 2.32 bits per heavy atom. The van der Waals surface area contributed by atoms with Gasteiger partial charge in [-0.3, -0.25) is 0 Å². The third kappa shape index (κ3) is 7.03. The van der Waals surface area contributed by atoms with Crippen LogP contribution in [0.4, 0.5) is 0 Å². The van der Waals surface area contributed by atoms with E-state index >= 15 is 0 Å². The summed E-state index contributed by atoms with van der Waals surface area (Å²) in [6, 6.07) is 7.49. The van der Waals surface area contributed by atoms with E-state index in [2.05, 4.69) is 69.9 Å². The standard InChI is InChI=1S/C17H29NS/c1-6-7-18-15(4)11-16(5)19-12-17-9-13(2)8-14(3)10-17/h8-10,15-16,18H,6-7,11-12H2,1-5H3. The van der Waals surface area contributed by atoms with Crippen molar-refractivity contribution in [3.8, 4) is 0 Å². The summed E-state index contributed by atoms with van der Waals surface area (Å²) in [5.41, 5.74) is 4.21.